The number of aromatic nitrogens is 3. The molecule has 3 aromatic rings. The first-order valence-corrected chi connectivity index (χ1v) is 11.1. The minimum absolute atomic E-state index is 0.0138. The molecule has 11 heteroatoms. The van der Waals surface area contributed by atoms with Gasteiger partial charge in [-0.1, -0.05) is 0 Å². The first-order valence-electron chi connectivity index (χ1n) is 11.1. The van der Waals surface area contributed by atoms with Crippen LogP contribution in [0.1, 0.15) is 47.4 Å². The Balaban J connectivity index is 1.80. The van der Waals surface area contributed by atoms with Crippen molar-refractivity contribution in [1.82, 2.24) is 19.7 Å². The molecule has 1 atom stereocenters. The van der Waals surface area contributed by atoms with Crippen molar-refractivity contribution >= 4 is 23.2 Å². The Bertz CT molecular complexity index is 1270. The molecule has 1 saturated heterocycles. The average molecular weight is 490 g/mol. The summed E-state index contributed by atoms with van der Waals surface area (Å²) < 4.78 is 52.6. The summed E-state index contributed by atoms with van der Waals surface area (Å²) in [5.41, 5.74) is 0.830. The van der Waals surface area contributed by atoms with E-state index in [1.165, 1.54) is 0 Å². The number of halogens is 3. The second-order valence-electron chi connectivity index (χ2n) is 8.40. The van der Waals surface area contributed by atoms with Crippen LogP contribution in [-0.4, -0.2) is 58.8 Å². The van der Waals surface area contributed by atoms with Crippen molar-refractivity contribution < 1.29 is 32.2 Å². The number of carbonyl (C=O) groups excluding carboxylic acids is 2. The molecule has 3 heterocycles. The maximum atomic E-state index is 13.4. The number of likely N-dealkylation sites (N-methyl/N-ethyl adjacent to an activating group) is 1. The van der Waals surface area contributed by atoms with E-state index in [0.29, 0.717) is 60.2 Å². The minimum atomic E-state index is -4.55. The van der Waals surface area contributed by atoms with Crippen LogP contribution in [0.4, 0.5) is 13.2 Å². The van der Waals surface area contributed by atoms with Gasteiger partial charge in [-0.05, 0) is 50.1 Å². The van der Waals surface area contributed by atoms with E-state index >= 15 is 0 Å². The highest BCUT2D eigenvalue weighted by Crippen LogP contribution is 2.40. The number of piperidine rings is 1. The Morgan fingerprint density at radius 1 is 1.26 bits per heavy atom. The molecule has 0 aliphatic carbocycles. The molecular weight excluding hydrogens is 465 g/mol. The highest BCUT2D eigenvalue weighted by atomic mass is 19.4. The van der Waals surface area contributed by atoms with E-state index in [1.807, 2.05) is 0 Å². The number of amides is 1. The lowest BCUT2D eigenvalue weighted by molar-refractivity contribution is -0.137. The molecule has 1 aliphatic rings. The zero-order valence-corrected chi connectivity index (χ0v) is 19.6. The maximum absolute atomic E-state index is 13.4. The summed E-state index contributed by atoms with van der Waals surface area (Å²) in [6.45, 7) is 3.83. The molecular formula is C24H25F3N4O4. The summed E-state index contributed by atoms with van der Waals surface area (Å²) in [4.78, 5) is 30.0. The van der Waals surface area contributed by atoms with Crippen molar-refractivity contribution in [3.63, 3.8) is 0 Å². The van der Waals surface area contributed by atoms with Gasteiger partial charge >= 0.3 is 6.18 Å². The first-order chi connectivity index (χ1) is 16.6. The molecule has 1 fully saturated rings. The van der Waals surface area contributed by atoms with Crippen molar-refractivity contribution in [2.24, 2.45) is 0 Å². The molecule has 186 valence electrons. The van der Waals surface area contributed by atoms with E-state index in [9.17, 15) is 22.8 Å². The number of aryl methyl sites for hydroxylation is 1. The topological polar surface area (TPSA) is 86.5 Å². The lowest BCUT2D eigenvalue weighted by Gasteiger charge is -2.30. The predicted molar refractivity (Wildman–Crippen MR) is 121 cm³/mol. The van der Waals surface area contributed by atoms with Gasteiger partial charge < -0.3 is 14.4 Å². The molecule has 35 heavy (non-hydrogen) atoms. The molecule has 0 radical (unpaired) electrons. The molecule has 0 N–H and O–H groups in total. The van der Waals surface area contributed by atoms with Gasteiger partial charge in [0.2, 0.25) is 5.91 Å². The molecule has 1 aliphatic heterocycles. The van der Waals surface area contributed by atoms with E-state index in [2.05, 4.69) is 10.1 Å². The van der Waals surface area contributed by atoms with Gasteiger partial charge in [0.15, 0.2) is 18.7 Å². The van der Waals surface area contributed by atoms with Crippen LogP contribution in [0.15, 0.2) is 24.3 Å². The van der Waals surface area contributed by atoms with E-state index in [0.717, 1.165) is 12.1 Å². The summed E-state index contributed by atoms with van der Waals surface area (Å²) in [7, 11) is 1.70. The Hall–Kier alpha value is -3.47. The summed E-state index contributed by atoms with van der Waals surface area (Å²) in [6, 6.07) is 5.08. The van der Waals surface area contributed by atoms with Crippen molar-refractivity contribution in [2.45, 2.75) is 38.9 Å². The van der Waals surface area contributed by atoms with Crippen molar-refractivity contribution in [3.05, 3.63) is 41.1 Å². The van der Waals surface area contributed by atoms with Gasteiger partial charge in [-0.25, -0.2) is 4.98 Å². The van der Waals surface area contributed by atoms with Gasteiger partial charge in [0.25, 0.3) is 0 Å². The lowest BCUT2D eigenvalue weighted by atomic mass is 10.00. The molecule has 1 aromatic carbocycles. The van der Waals surface area contributed by atoms with Crippen LogP contribution < -0.4 is 4.74 Å². The molecule has 1 amide bonds. The molecule has 8 nitrogen and oxygen atoms in total. The van der Waals surface area contributed by atoms with Gasteiger partial charge in [0.1, 0.15) is 11.4 Å². The van der Waals surface area contributed by atoms with Crippen LogP contribution in [0.5, 0.6) is 5.75 Å². The summed E-state index contributed by atoms with van der Waals surface area (Å²) in [5, 5.41) is 5.05. The Morgan fingerprint density at radius 3 is 2.69 bits per heavy atom. The number of hydrogen-bond acceptors (Lipinski definition) is 6. The largest absolute Gasteiger partial charge is 0.467 e. The highest BCUT2D eigenvalue weighted by molar-refractivity contribution is 5.95. The third-order valence-electron chi connectivity index (χ3n) is 6.04. The van der Waals surface area contributed by atoms with Gasteiger partial charge in [0, 0.05) is 37.6 Å². The fraction of sp³-hybridized carbons (Fsp3) is 0.417. The second kappa shape index (κ2) is 9.65. The molecule has 0 unspecified atom stereocenters. The molecule has 0 saturated carbocycles. The number of alkyl halides is 3. The minimum Gasteiger partial charge on any atom is -0.467 e. The molecule has 0 bridgehead atoms. The number of carbonyl (C=O) groups is 2. The van der Waals surface area contributed by atoms with Gasteiger partial charge in [-0.3, -0.25) is 14.3 Å². The zero-order chi connectivity index (χ0) is 25.3. The van der Waals surface area contributed by atoms with Crippen molar-refractivity contribution in [2.75, 3.05) is 27.0 Å². The summed E-state index contributed by atoms with van der Waals surface area (Å²) in [5.74, 6) is 0.0171. The van der Waals surface area contributed by atoms with Crippen LogP contribution in [0.3, 0.4) is 0 Å². The molecule has 0 spiro atoms. The maximum Gasteiger partial charge on any atom is 0.416 e. The number of hydrogen-bond donors (Lipinski definition) is 0. The van der Waals surface area contributed by atoms with Crippen LogP contribution in [0, 0.1) is 6.92 Å². The second-order valence-corrected chi connectivity index (χ2v) is 8.40. The quantitative estimate of drug-likeness (QED) is 0.277. The van der Waals surface area contributed by atoms with Crippen LogP contribution in [0.2, 0.25) is 0 Å². The fourth-order valence-corrected chi connectivity index (χ4v) is 4.28. The number of ether oxygens (including phenoxy) is 2. The standard InChI is InChI=1S/C24H25F3N4O4/c1-4-34-13-35-20-10-15(24(25,26)27)9-14(2)22(20)18-7-6-17-19(12-32)31(29-23(17)28-18)16-5-8-21(33)30(3)11-16/h6-7,9-10,12,16H,4-5,8,11,13H2,1-3H3/t16-/m0/s1. The van der Waals surface area contributed by atoms with Crippen molar-refractivity contribution in [3.8, 4) is 17.0 Å². The SMILES string of the molecule is CCOCOc1cc(C(F)(F)F)cc(C)c1-c1ccc2c(C=O)n([C@H]3CCC(=O)N(C)C3)nc2n1. The van der Waals surface area contributed by atoms with E-state index in [1.54, 1.807) is 42.6 Å². The van der Waals surface area contributed by atoms with Crippen LogP contribution in [0.25, 0.3) is 22.3 Å². The first kappa shape index (κ1) is 24.6. The summed E-state index contributed by atoms with van der Waals surface area (Å²) in [6.07, 6.45) is -2.96. The lowest BCUT2D eigenvalue weighted by Crippen LogP contribution is -2.38. The van der Waals surface area contributed by atoms with Crippen LogP contribution in [-0.2, 0) is 15.7 Å². The highest BCUT2D eigenvalue weighted by Gasteiger charge is 2.33. The monoisotopic (exact) mass is 490 g/mol. The normalized spacial score (nSPS) is 16.7. The fourth-order valence-electron chi connectivity index (χ4n) is 4.28. The third-order valence-corrected chi connectivity index (χ3v) is 6.04. The average Bonchev–Trinajstić information content (AvgIpc) is 3.18. The number of likely N-dealkylation sites (tertiary alicyclic amines) is 1. The predicted octanol–water partition coefficient (Wildman–Crippen LogP) is 4.40. The number of benzene rings is 1. The zero-order valence-electron chi connectivity index (χ0n) is 19.6. The number of nitrogens with zero attached hydrogens (tertiary/aromatic N) is 4. The number of rotatable bonds is 7. The molecule has 4 rings (SSSR count). The van der Waals surface area contributed by atoms with Gasteiger partial charge in [0.05, 0.1) is 17.3 Å². The van der Waals surface area contributed by atoms with Gasteiger partial charge in [-0.15, -0.1) is 0 Å². The number of fused-ring (bicyclic) bond motifs is 1. The smallest absolute Gasteiger partial charge is 0.416 e. The van der Waals surface area contributed by atoms with E-state index in [4.69, 9.17) is 9.47 Å². The number of pyridine rings is 1. The third kappa shape index (κ3) is 4.86. The molecule has 2 aromatic heterocycles. The number of aldehydes is 1. The Kier molecular flexibility index (Phi) is 6.79. The van der Waals surface area contributed by atoms with E-state index in [-0.39, 0.29) is 30.1 Å². The summed E-state index contributed by atoms with van der Waals surface area (Å²) >= 11 is 0. The van der Waals surface area contributed by atoms with Crippen molar-refractivity contribution in [1.29, 1.82) is 0 Å². The van der Waals surface area contributed by atoms with Crippen LogP contribution >= 0.6 is 0 Å². The Labute approximate surface area is 199 Å². The Morgan fingerprint density at radius 2 is 2.03 bits per heavy atom. The van der Waals surface area contributed by atoms with E-state index < -0.39 is 11.7 Å². The van der Waals surface area contributed by atoms with Gasteiger partial charge in [-0.2, -0.15) is 18.3 Å².